The summed E-state index contributed by atoms with van der Waals surface area (Å²) in [4.78, 5) is 29.0. The minimum absolute atomic E-state index is 0.0471. The van der Waals surface area contributed by atoms with Crippen LogP contribution in [0, 0.1) is 6.92 Å². The van der Waals surface area contributed by atoms with Crippen molar-refractivity contribution in [1.29, 1.82) is 0 Å². The van der Waals surface area contributed by atoms with Crippen molar-refractivity contribution in [3.63, 3.8) is 0 Å². The Morgan fingerprint density at radius 2 is 1.73 bits per heavy atom. The Morgan fingerprint density at radius 3 is 2.37 bits per heavy atom. The summed E-state index contributed by atoms with van der Waals surface area (Å²) in [5, 5.41) is 3.38. The van der Waals surface area contributed by atoms with E-state index in [2.05, 4.69) is 5.32 Å². The van der Waals surface area contributed by atoms with Crippen molar-refractivity contribution in [1.82, 2.24) is 10.2 Å². The second-order valence-electron chi connectivity index (χ2n) is 9.70. The van der Waals surface area contributed by atoms with E-state index in [1.54, 1.807) is 62.6 Å². The Hall–Kier alpha value is -3.56. The number of nitrogens with zero attached hydrogens (tertiary/aromatic N) is 2. The zero-order chi connectivity index (χ0) is 30.0. The van der Waals surface area contributed by atoms with Gasteiger partial charge in [0.05, 0.1) is 17.7 Å². The Morgan fingerprint density at radius 1 is 1.00 bits per heavy atom. The average Bonchev–Trinajstić information content (AvgIpc) is 2.96. The molecule has 0 aliphatic rings. The number of hydrogen-bond donors (Lipinski definition) is 1. The van der Waals surface area contributed by atoms with E-state index >= 15 is 0 Å². The predicted octanol–water partition coefficient (Wildman–Crippen LogP) is 5.58. The molecule has 8 nitrogen and oxygen atoms in total. The molecule has 0 fully saturated rings. The van der Waals surface area contributed by atoms with Gasteiger partial charge in [-0.3, -0.25) is 13.9 Å². The zero-order valence-electron chi connectivity index (χ0n) is 24.0. The molecule has 41 heavy (non-hydrogen) atoms. The lowest BCUT2D eigenvalue weighted by molar-refractivity contribution is -0.140. The van der Waals surface area contributed by atoms with Crippen LogP contribution in [0.25, 0.3) is 0 Å². The molecule has 10 heteroatoms. The number of benzene rings is 3. The molecule has 220 valence electrons. The lowest BCUT2D eigenvalue weighted by atomic mass is 10.1. The maximum Gasteiger partial charge on any atom is 0.264 e. The number of ether oxygens (including phenoxy) is 1. The highest BCUT2D eigenvalue weighted by Gasteiger charge is 2.34. The van der Waals surface area contributed by atoms with Gasteiger partial charge in [0.1, 0.15) is 18.3 Å². The number of hydrogen-bond acceptors (Lipinski definition) is 5. The molecule has 0 aromatic heterocycles. The molecule has 1 N–H and O–H groups in total. The molecule has 3 rings (SSSR count). The molecule has 1 atom stereocenters. The largest absolute Gasteiger partial charge is 0.497 e. The van der Waals surface area contributed by atoms with Crippen LogP contribution >= 0.6 is 11.6 Å². The van der Waals surface area contributed by atoms with Gasteiger partial charge >= 0.3 is 0 Å². The SMILES string of the molecule is CCCCNC(=O)[C@H](CC)N(Cc1cccc(OC)c1)C(=O)CN(c1ccc(Cl)cc1C)S(=O)(=O)c1ccccc1. The first-order valence-electron chi connectivity index (χ1n) is 13.7. The molecule has 0 saturated heterocycles. The van der Waals surface area contributed by atoms with Crippen LogP contribution in [0.15, 0.2) is 77.7 Å². The van der Waals surface area contributed by atoms with Gasteiger partial charge in [0.25, 0.3) is 10.0 Å². The van der Waals surface area contributed by atoms with Crippen LogP contribution in [0.4, 0.5) is 5.69 Å². The number of amides is 2. The standard InChI is InChI=1S/C31H38ClN3O5S/c1-5-7-18-33-31(37)28(6-2)34(21-24-12-11-13-26(20-24)40-4)30(36)22-35(29-17-16-25(32)19-23(29)3)41(38,39)27-14-9-8-10-15-27/h8-17,19-20,28H,5-7,18,21-22H2,1-4H3,(H,33,37)/t28-/m0/s1. The third-order valence-electron chi connectivity index (χ3n) is 6.74. The molecule has 0 bridgehead atoms. The van der Waals surface area contributed by atoms with Gasteiger partial charge in [0.15, 0.2) is 0 Å². The Bertz CT molecular complexity index is 1430. The van der Waals surface area contributed by atoms with E-state index < -0.39 is 28.5 Å². The maximum absolute atomic E-state index is 14.2. The number of anilines is 1. The maximum atomic E-state index is 14.2. The molecule has 0 radical (unpaired) electrons. The average molecular weight is 600 g/mol. The number of nitrogens with one attached hydrogen (secondary N) is 1. The van der Waals surface area contributed by atoms with Crippen LogP contribution in [0.5, 0.6) is 5.75 Å². The van der Waals surface area contributed by atoms with E-state index in [1.807, 2.05) is 26.0 Å². The van der Waals surface area contributed by atoms with Gasteiger partial charge in [-0.05, 0) is 73.4 Å². The highest BCUT2D eigenvalue weighted by atomic mass is 35.5. The van der Waals surface area contributed by atoms with E-state index in [4.69, 9.17) is 16.3 Å². The third kappa shape index (κ3) is 8.24. The molecule has 0 unspecified atom stereocenters. The summed E-state index contributed by atoms with van der Waals surface area (Å²) in [5.74, 6) is -0.183. The number of halogens is 1. The van der Waals surface area contributed by atoms with E-state index in [0.717, 1.165) is 22.7 Å². The van der Waals surface area contributed by atoms with Gasteiger partial charge in [-0.1, -0.05) is 62.2 Å². The molecule has 0 saturated carbocycles. The highest BCUT2D eigenvalue weighted by molar-refractivity contribution is 7.92. The smallest absolute Gasteiger partial charge is 0.264 e. The molecular formula is C31H38ClN3O5S. The highest BCUT2D eigenvalue weighted by Crippen LogP contribution is 2.29. The normalized spacial score (nSPS) is 11.9. The number of unbranched alkanes of at least 4 members (excludes halogenated alkanes) is 1. The van der Waals surface area contributed by atoms with Gasteiger partial charge in [0.2, 0.25) is 11.8 Å². The Kier molecular flexibility index (Phi) is 11.6. The summed E-state index contributed by atoms with van der Waals surface area (Å²) in [6, 6.07) is 19.2. The number of rotatable bonds is 14. The van der Waals surface area contributed by atoms with Gasteiger partial charge in [0, 0.05) is 18.1 Å². The summed E-state index contributed by atoms with van der Waals surface area (Å²) < 4.78 is 34.3. The van der Waals surface area contributed by atoms with Crippen LogP contribution < -0.4 is 14.4 Å². The second kappa shape index (κ2) is 14.9. The topological polar surface area (TPSA) is 96.0 Å². The molecule has 0 spiro atoms. The number of aryl methyl sites for hydroxylation is 1. The van der Waals surface area contributed by atoms with Crippen molar-refractivity contribution < 1.29 is 22.7 Å². The lowest BCUT2D eigenvalue weighted by Gasteiger charge is -2.33. The third-order valence-corrected chi connectivity index (χ3v) is 8.75. The van der Waals surface area contributed by atoms with Crippen molar-refractivity contribution in [2.45, 2.75) is 57.5 Å². The minimum atomic E-state index is -4.15. The molecule has 2 amide bonds. The first-order valence-corrected chi connectivity index (χ1v) is 15.5. The summed E-state index contributed by atoms with van der Waals surface area (Å²) in [7, 11) is -2.60. The van der Waals surface area contributed by atoms with Crippen LogP contribution in [-0.4, -0.2) is 51.4 Å². The van der Waals surface area contributed by atoms with Crippen LogP contribution in [0.3, 0.4) is 0 Å². The molecule has 3 aromatic carbocycles. The minimum Gasteiger partial charge on any atom is -0.497 e. The van der Waals surface area contributed by atoms with Crippen LogP contribution in [-0.2, 0) is 26.2 Å². The number of sulfonamides is 1. The molecule has 3 aromatic rings. The van der Waals surface area contributed by atoms with Crippen LogP contribution in [0.1, 0.15) is 44.2 Å². The predicted molar refractivity (Wildman–Crippen MR) is 163 cm³/mol. The van der Waals surface area contributed by atoms with Gasteiger partial charge in [-0.25, -0.2) is 8.42 Å². The zero-order valence-corrected chi connectivity index (χ0v) is 25.5. The second-order valence-corrected chi connectivity index (χ2v) is 12.0. The van der Waals surface area contributed by atoms with E-state index in [9.17, 15) is 18.0 Å². The summed E-state index contributed by atoms with van der Waals surface area (Å²) in [5.41, 5.74) is 1.67. The van der Waals surface area contributed by atoms with Crippen molar-refractivity contribution in [2.75, 3.05) is 24.5 Å². The molecule has 0 aliphatic carbocycles. The van der Waals surface area contributed by atoms with Crippen molar-refractivity contribution in [2.24, 2.45) is 0 Å². The van der Waals surface area contributed by atoms with Gasteiger partial charge in [-0.15, -0.1) is 0 Å². The van der Waals surface area contributed by atoms with E-state index in [0.29, 0.717) is 35.0 Å². The fourth-order valence-corrected chi connectivity index (χ4v) is 6.25. The lowest BCUT2D eigenvalue weighted by Crippen LogP contribution is -2.52. The Balaban J connectivity index is 2.06. The van der Waals surface area contributed by atoms with Gasteiger partial charge < -0.3 is 15.0 Å². The fraction of sp³-hybridized carbons (Fsp3) is 0.355. The first kappa shape index (κ1) is 32.0. The van der Waals surface area contributed by atoms with Crippen molar-refractivity contribution in [3.05, 3.63) is 88.9 Å². The number of carbonyl (C=O) groups is 2. The monoisotopic (exact) mass is 599 g/mol. The van der Waals surface area contributed by atoms with E-state index in [1.165, 1.54) is 17.0 Å². The Labute approximate surface area is 248 Å². The molecule has 0 heterocycles. The van der Waals surface area contributed by atoms with Crippen LogP contribution in [0.2, 0.25) is 5.02 Å². The van der Waals surface area contributed by atoms with Crippen molar-refractivity contribution >= 4 is 39.1 Å². The molecular weight excluding hydrogens is 562 g/mol. The van der Waals surface area contributed by atoms with E-state index in [-0.39, 0.29) is 17.3 Å². The quantitative estimate of drug-likeness (QED) is 0.244. The number of methoxy groups -OCH3 is 1. The number of carbonyl (C=O) groups excluding carboxylic acids is 2. The van der Waals surface area contributed by atoms with Crippen molar-refractivity contribution in [3.8, 4) is 5.75 Å². The molecule has 0 aliphatic heterocycles. The first-order chi connectivity index (χ1) is 19.6. The summed E-state index contributed by atoms with van der Waals surface area (Å²) >= 11 is 6.17. The fourth-order valence-electron chi connectivity index (χ4n) is 4.52. The van der Waals surface area contributed by atoms with Gasteiger partial charge in [-0.2, -0.15) is 0 Å². The summed E-state index contributed by atoms with van der Waals surface area (Å²) in [6.07, 6.45) is 2.07. The summed E-state index contributed by atoms with van der Waals surface area (Å²) in [6.45, 7) is 5.67.